The number of nitrogens with one attached hydrogen (secondary N) is 1. The molecule has 6 nitrogen and oxygen atoms in total. The van der Waals surface area contributed by atoms with Gasteiger partial charge in [0.2, 0.25) is 0 Å². The maximum absolute atomic E-state index is 11.9. The number of amides is 1. The second kappa shape index (κ2) is 11.6. The largest absolute Gasteiger partial charge is 0.493 e. The first-order valence-corrected chi connectivity index (χ1v) is 13.0. The van der Waals surface area contributed by atoms with Crippen LogP contribution in [0.25, 0.3) is 0 Å². The van der Waals surface area contributed by atoms with Crippen molar-refractivity contribution in [2.45, 2.75) is 64.5 Å². The van der Waals surface area contributed by atoms with Gasteiger partial charge in [0.15, 0.2) is 5.75 Å². The minimum absolute atomic E-state index is 0.133. The maximum Gasteiger partial charge on any atom is 0.407 e. The van der Waals surface area contributed by atoms with Crippen LogP contribution in [0, 0.1) is 17.2 Å². The number of alkyl halides is 1. The predicted molar refractivity (Wildman–Crippen MR) is 142 cm³/mol. The summed E-state index contributed by atoms with van der Waals surface area (Å²) in [7, 11) is 0. The van der Waals surface area contributed by atoms with Gasteiger partial charge in [-0.3, -0.25) is 0 Å². The monoisotopic (exact) mass is 532 g/mol. The van der Waals surface area contributed by atoms with Gasteiger partial charge >= 0.3 is 6.09 Å². The number of alkyl carbamates (subject to hydrolysis) is 1. The number of carbonyl (C=O) groups excluding carboxylic acids is 1. The zero-order valence-corrected chi connectivity index (χ0v) is 23.0. The van der Waals surface area contributed by atoms with E-state index in [2.05, 4.69) is 25.2 Å². The fourth-order valence-corrected chi connectivity index (χ4v) is 4.49. The van der Waals surface area contributed by atoms with Gasteiger partial charge < -0.3 is 19.5 Å². The average molecular weight is 533 g/mol. The number of benzene rings is 2. The van der Waals surface area contributed by atoms with Crippen LogP contribution in [0.3, 0.4) is 0 Å². The van der Waals surface area contributed by atoms with Crippen LogP contribution in [0.4, 0.5) is 4.79 Å². The summed E-state index contributed by atoms with van der Waals surface area (Å²) in [6, 6.07) is 13.9. The molecular weight excluding hydrogens is 499 g/mol. The highest BCUT2D eigenvalue weighted by molar-refractivity contribution is 6.32. The predicted octanol–water partition coefficient (Wildman–Crippen LogP) is 6.84. The Labute approximate surface area is 223 Å². The summed E-state index contributed by atoms with van der Waals surface area (Å²) in [5.74, 6) is 1.86. The van der Waals surface area contributed by atoms with Gasteiger partial charge in [-0.05, 0) is 74.9 Å². The molecule has 0 saturated heterocycles. The van der Waals surface area contributed by atoms with E-state index in [1.165, 1.54) is 0 Å². The van der Waals surface area contributed by atoms with Crippen molar-refractivity contribution in [3.8, 4) is 17.6 Å². The molecule has 3 rings (SSSR count). The smallest absolute Gasteiger partial charge is 0.407 e. The van der Waals surface area contributed by atoms with E-state index in [1.54, 1.807) is 0 Å². The van der Waals surface area contributed by atoms with Crippen LogP contribution >= 0.6 is 23.2 Å². The molecule has 1 aliphatic rings. The molecule has 8 heteroatoms. The number of hydrogen-bond acceptors (Lipinski definition) is 5. The molecule has 0 spiro atoms. The number of rotatable bonds is 9. The fraction of sp³-hybridized carbons (Fsp3) is 0.500. The van der Waals surface area contributed by atoms with E-state index in [-0.39, 0.29) is 18.7 Å². The van der Waals surface area contributed by atoms with Crippen molar-refractivity contribution in [3.63, 3.8) is 0 Å². The molecule has 0 radical (unpaired) electrons. The molecule has 194 valence electrons. The standard InChI is InChI=1S/C28H34Cl2N2O4/c1-27(2,3)36-26(33)32-22-12-18(13-22)17-35-23-8-6-20(7-9-23)28(4,5)21-14-19(16-31)25(24(30)15-21)34-11-10-29/h6-9,14-15,18,22H,10-13,17H2,1-5H3,(H,32,33). The summed E-state index contributed by atoms with van der Waals surface area (Å²) < 4.78 is 16.9. The molecule has 1 N–H and O–H groups in total. The first kappa shape index (κ1) is 28.0. The first-order valence-electron chi connectivity index (χ1n) is 12.1. The van der Waals surface area contributed by atoms with Crippen LogP contribution in [0.2, 0.25) is 5.02 Å². The number of ether oxygens (including phenoxy) is 3. The van der Waals surface area contributed by atoms with E-state index >= 15 is 0 Å². The SMILES string of the molecule is CC(C)(C)OC(=O)NC1CC(COc2ccc(C(C)(C)c3cc(Cl)c(OCCCl)c(C#N)c3)cc2)C1. The Bertz CT molecular complexity index is 1100. The maximum atomic E-state index is 11.9. The summed E-state index contributed by atoms with van der Waals surface area (Å²) in [4.78, 5) is 11.9. The van der Waals surface area contributed by atoms with E-state index in [9.17, 15) is 10.1 Å². The van der Waals surface area contributed by atoms with E-state index < -0.39 is 11.0 Å². The van der Waals surface area contributed by atoms with Crippen molar-refractivity contribution in [2.75, 3.05) is 19.1 Å². The molecule has 1 fully saturated rings. The van der Waals surface area contributed by atoms with Crippen molar-refractivity contribution in [1.82, 2.24) is 5.32 Å². The fourth-order valence-electron chi connectivity index (χ4n) is 4.14. The van der Waals surface area contributed by atoms with Gasteiger partial charge in [-0.2, -0.15) is 5.26 Å². The Morgan fingerprint density at radius 3 is 2.33 bits per heavy atom. The minimum Gasteiger partial charge on any atom is -0.493 e. The van der Waals surface area contributed by atoms with Crippen LogP contribution in [-0.2, 0) is 10.2 Å². The second-order valence-electron chi connectivity index (χ2n) is 10.6. The molecule has 1 aliphatic carbocycles. The van der Waals surface area contributed by atoms with Crippen LogP contribution in [-0.4, -0.2) is 36.8 Å². The molecule has 1 amide bonds. The zero-order chi connectivity index (χ0) is 26.5. The van der Waals surface area contributed by atoms with Crippen molar-refractivity contribution in [2.24, 2.45) is 5.92 Å². The average Bonchev–Trinajstić information content (AvgIpc) is 2.78. The number of nitriles is 1. The van der Waals surface area contributed by atoms with Crippen molar-refractivity contribution in [3.05, 3.63) is 58.1 Å². The summed E-state index contributed by atoms with van der Waals surface area (Å²) in [5.41, 5.74) is 1.47. The lowest BCUT2D eigenvalue weighted by atomic mass is 9.77. The number of halogens is 2. The van der Waals surface area contributed by atoms with Crippen molar-refractivity contribution < 1.29 is 19.0 Å². The molecule has 0 unspecified atom stereocenters. The Hall–Kier alpha value is -2.62. The third-order valence-electron chi connectivity index (χ3n) is 6.23. The summed E-state index contributed by atoms with van der Waals surface area (Å²) in [6.45, 7) is 10.6. The lowest BCUT2D eigenvalue weighted by Crippen LogP contribution is -2.47. The van der Waals surface area contributed by atoms with Gasteiger partial charge in [-0.15, -0.1) is 11.6 Å². The van der Waals surface area contributed by atoms with Gasteiger partial charge in [-0.25, -0.2) is 4.79 Å². The van der Waals surface area contributed by atoms with Gasteiger partial charge in [0.25, 0.3) is 0 Å². The number of nitrogens with zero attached hydrogens (tertiary/aromatic N) is 1. The molecule has 2 aromatic rings. The molecule has 0 atom stereocenters. The third-order valence-corrected chi connectivity index (χ3v) is 6.66. The Morgan fingerprint density at radius 1 is 1.08 bits per heavy atom. The van der Waals surface area contributed by atoms with E-state index in [0.29, 0.717) is 34.7 Å². The van der Waals surface area contributed by atoms with Crippen LogP contribution in [0.15, 0.2) is 36.4 Å². The van der Waals surface area contributed by atoms with Gasteiger partial charge in [0.05, 0.1) is 23.1 Å². The molecule has 0 aliphatic heterocycles. The van der Waals surface area contributed by atoms with Crippen molar-refractivity contribution >= 4 is 29.3 Å². The Balaban J connectivity index is 1.57. The quantitative estimate of drug-likeness (QED) is 0.357. The normalized spacial score (nSPS) is 17.5. The topological polar surface area (TPSA) is 80.6 Å². The van der Waals surface area contributed by atoms with Crippen LogP contribution < -0.4 is 14.8 Å². The number of hydrogen-bond donors (Lipinski definition) is 1. The highest BCUT2D eigenvalue weighted by Gasteiger charge is 2.32. The molecule has 0 bridgehead atoms. The van der Waals surface area contributed by atoms with E-state index in [1.807, 2.05) is 57.2 Å². The molecular formula is C28H34Cl2N2O4. The van der Waals surface area contributed by atoms with Crippen LogP contribution in [0.1, 0.15) is 64.2 Å². The molecule has 36 heavy (non-hydrogen) atoms. The second-order valence-corrected chi connectivity index (χ2v) is 11.4. The summed E-state index contributed by atoms with van der Waals surface area (Å²) in [5, 5.41) is 12.9. The van der Waals surface area contributed by atoms with E-state index in [4.69, 9.17) is 37.4 Å². The molecule has 0 aromatic heterocycles. The van der Waals surface area contributed by atoms with Gasteiger partial charge in [0.1, 0.15) is 24.0 Å². The van der Waals surface area contributed by atoms with Crippen LogP contribution in [0.5, 0.6) is 11.5 Å². The minimum atomic E-state index is -0.497. The molecule has 2 aromatic carbocycles. The summed E-state index contributed by atoms with van der Waals surface area (Å²) in [6.07, 6.45) is 1.37. The van der Waals surface area contributed by atoms with Crippen molar-refractivity contribution in [1.29, 1.82) is 5.26 Å². The highest BCUT2D eigenvalue weighted by Crippen LogP contribution is 2.38. The summed E-state index contributed by atoms with van der Waals surface area (Å²) >= 11 is 12.2. The third kappa shape index (κ3) is 7.21. The zero-order valence-electron chi connectivity index (χ0n) is 21.5. The lowest BCUT2D eigenvalue weighted by molar-refractivity contribution is 0.0428. The van der Waals surface area contributed by atoms with E-state index in [0.717, 1.165) is 29.7 Å². The molecule has 1 saturated carbocycles. The first-order chi connectivity index (χ1) is 16.9. The molecule has 0 heterocycles. The number of carbonyl (C=O) groups is 1. The Kier molecular flexibility index (Phi) is 9.03. The van der Waals surface area contributed by atoms with Gasteiger partial charge in [-0.1, -0.05) is 37.6 Å². The van der Waals surface area contributed by atoms with Gasteiger partial charge in [0, 0.05) is 11.5 Å². The lowest BCUT2D eigenvalue weighted by Gasteiger charge is -2.36. The Morgan fingerprint density at radius 2 is 1.75 bits per heavy atom. The highest BCUT2D eigenvalue weighted by atomic mass is 35.5.